The summed E-state index contributed by atoms with van der Waals surface area (Å²) in [5.41, 5.74) is 1.12. The van der Waals surface area contributed by atoms with Crippen LogP contribution < -0.4 is 5.32 Å². The van der Waals surface area contributed by atoms with Crippen molar-refractivity contribution in [2.45, 2.75) is 25.8 Å². The van der Waals surface area contributed by atoms with Gasteiger partial charge in [-0.1, -0.05) is 0 Å². The number of rotatable bonds is 5. The molecule has 0 atom stereocenters. The SMILES string of the molecule is O=C(CCNCc1cncc(Br)c1)N1CCCC1. The molecule has 1 amide bonds. The van der Waals surface area contributed by atoms with Gasteiger partial charge < -0.3 is 10.2 Å². The smallest absolute Gasteiger partial charge is 0.223 e. The Kier molecular flexibility index (Phi) is 5.13. The van der Waals surface area contributed by atoms with Crippen molar-refractivity contribution >= 4 is 21.8 Å². The summed E-state index contributed by atoms with van der Waals surface area (Å²) < 4.78 is 0.981. The highest BCUT2D eigenvalue weighted by atomic mass is 79.9. The number of pyridine rings is 1. The Balaban J connectivity index is 1.65. The van der Waals surface area contributed by atoms with Gasteiger partial charge in [0.15, 0.2) is 0 Å². The van der Waals surface area contributed by atoms with Gasteiger partial charge in [-0.25, -0.2) is 0 Å². The van der Waals surface area contributed by atoms with Gasteiger partial charge in [-0.3, -0.25) is 9.78 Å². The lowest BCUT2D eigenvalue weighted by molar-refractivity contribution is -0.130. The fourth-order valence-electron chi connectivity index (χ4n) is 2.11. The number of hydrogen-bond donors (Lipinski definition) is 1. The van der Waals surface area contributed by atoms with Crippen molar-refractivity contribution in [2.75, 3.05) is 19.6 Å². The van der Waals surface area contributed by atoms with Crippen molar-refractivity contribution in [1.82, 2.24) is 15.2 Å². The van der Waals surface area contributed by atoms with Crippen LogP contribution in [0.4, 0.5) is 0 Å². The van der Waals surface area contributed by atoms with Crippen LogP contribution in [0.5, 0.6) is 0 Å². The van der Waals surface area contributed by atoms with Gasteiger partial charge in [0, 0.05) is 49.5 Å². The second-order valence-electron chi connectivity index (χ2n) is 4.53. The van der Waals surface area contributed by atoms with E-state index in [-0.39, 0.29) is 5.91 Å². The van der Waals surface area contributed by atoms with Gasteiger partial charge in [-0.2, -0.15) is 0 Å². The normalized spacial score (nSPS) is 15.1. The molecule has 5 heteroatoms. The molecule has 2 rings (SSSR count). The molecule has 1 aliphatic rings. The van der Waals surface area contributed by atoms with Crippen LogP contribution in [0.2, 0.25) is 0 Å². The van der Waals surface area contributed by atoms with Crippen LogP contribution in [0.3, 0.4) is 0 Å². The standard InChI is InChI=1S/C13H18BrN3O/c14-12-7-11(9-16-10-12)8-15-4-3-13(18)17-5-1-2-6-17/h7,9-10,15H,1-6,8H2. The molecular formula is C13H18BrN3O. The summed E-state index contributed by atoms with van der Waals surface area (Å²) in [6.07, 6.45) is 6.49. The summed E-state index contributed by atoms with van der Waals surface area (Å²) in [6, 6.07) is 2.03. The van der Waals surface area contributed by atoms with Gasteiger partial charge in [-0.15, -0.1) is 0 Å². The zero-order valence-corrected chi connectivity index (χ0v) is 11.9. The monoisotopic (exact) mass is 311 g/mol. The summed E-state index contributed by atoms with van der Waals surface area (Å²) in [5, 5.41) is 3.27. The van der Waals surface area contributed by atoms with E-state index in [1.807, 2.05) is 17.2 Å². The minimum absolute atomic E-state index is 0.271. The number of carbonyl (C=O) groups excluding carboxylic acids is 1. The molecule has 0 spiro atoms. The first-order chi connectivity index (χ1) is 8.75. The number of nitrogens with one attached hydrogen (secondary N) is 1. The Labute approximate surface area is 116 Å². The maximum atomic E-state index is 11.8. The summed E-state index contributed by atoms with van der Waals surface area (Å²) in [7, 11) is 0. The predicted octanol–water partition coefficient (Wildman–Crippen LogP) is 1.95. The summed E-state index contributed by atoms with van der Waals surface area (Å²) in [4.78, 5) is 17.8. The molecular weight excluding hydrogens is 294 g/mol. The van der Waals surface area contributed by atoms with Crippen LogP contribution in [0, 0.1) is 0 Å². The highest BCUT2D eigenvalue weighted by molar-refractivity contribution is 9.10. The second kappa shape index (κ2) is 6.85. The van der Waals surface area contributed by atoms with Gasteiger partial charge in [0.25, 0.3) is 0 Å². The first-order valence-electron chi connectivity index (χ1n) is 6.33. The van der Waals surface area contributed by atoms with E-state index in [1.54, 1.807) is 6.20 Å². The lowest BCUT2D eigenvalue weighted by atomic mass is 10.3. The van der Waals surface area contributed by atoms with Crippen LogP contribution in [-0.2, 0) is 11.3 Å². The van der Waals surface area contributed by atoms with Gasteiger partial charge >= 0.3 is 0 Å². The molecule has 1 saturated heterocycles. The average molecular weight is 312 g/mol. The van der Waals surface area contributed by atoms with E-state index in [9.17, 15) is 4.79 Å². The fraction of sp³-hybridized carbons (Fsp3) is 0.538. The number of amides is 1. The van der Waals surface area contributed by atoms with Crippen molar-refractivity contribution in [2.24, 2.45) is 0 Å². The number of hydrogen-bond acceptors (Lipinski definition) is 3. The maximum absolute atomic E-state index is 11.8. The molecule has 4 nitrogen and oxygen atoms in total. The minimum atomic E-state index is 0.271. The van der Waals surface area contributed by atoms with Crippen LogP contribution in [0.1, 0.15) is 24.8 Å². The van der Waals surface area contributed by atoms with E-state index < -0.39 is 0 Å². The number of carbonyl (C=O) groups is 1. The molecule has 98 valence electrons. The average Bonchev–Trinajstić information content (AvgIpc) is 2.88. The molecule has 2 heterocycles. The summed E-state index contributed by atoms with van der Waals surface area (Å²) >= 11 is 3.39. The van der Waals surface area contributed by atoms with E-state index in [0.717, 1.165) is 49.1 Å². The molecule has 0 saturated carbocycles. The predicted molar refractivity (Wildman–Crippen MR) is 74.1 cm³/mol. The number of aromatic nitrogens is 1. The Bertz CT molecular complexity index is 405. The molecule has 18 heavy (non-hydrogen) atoms. The van der Waals surface area contributed by atoms with E-state index in [0.29, 0.717) is 6.42 Å². The van der Waals surface area contributed by atoms with Gasteiger partial charge in [0.05, 0.1) is 0 Å². The highest BCUT2D eigenvalue weighted by Gasteiger charge is 2.16. The lowest BCUT2D eigenvalue weighted by Gasteiger charge is -2.15. The molecule has 0 radical (unpaired) electrons. The first kappa shape index (κ1) is 13.5. The molecule has 0 aromatic carbocycles. The van der Waals surface area contributed by atoms with Crippen LogP contribution in [0.25, 0.3) is 0 Å². The Morgan fingerprint density at radius 2 is 2.17 bits per heavy atom. The molecule has 0 unspecified atom stereocenters. The lowest BCUT2D eigenvalue weighted by Crippen LogP contribution is -2.30. The molecule has 1 aliphatic heterocycles. The molecule has 0 aliphatic carbocycles. The Morgan fingerprint density at radius 3 is 2.89 bits per heavy atom. The highest BCUT2D eigenvalue weighted by Crippen LogP contribution is 2.10. The van der Waals surface area contributed by atoms with E-state index in [1.165, 1.54) is 0 Å². The van der Waals surface area contributed by atoms with Crippen molar-refractivity contribution in [3.8, 4) is 0 Å². The van der Waals surface area contributed by atoms with Crippen molar-refractivity contribution in [1.29, 1.82) is 0 Å². The van der Waals surface area contributed by atoms with Crippen LogP contribution in [-0.4, -0.2) is 35.4 Å². The zero-order valence-electron chi connectivity index (χ0n) is 10.4. The Hall–Kier alpha value is -0.940. The fourth-order valence-corrected chi connectivity index (χ4v) is 2.52. The van der Waals surface area contributed by atoms with Gasteiger partial charge in [0.2, 0.25) is 5.91 Å². The first-order valence-corrected chi connectivity index (χ1v) is 7.13. The van der Waals surface area contributed by atoms with Crippen molar-refractivity contribution in [3.05, 3.63) is 28.5 Å². The molecule has 1 N–H and O–H groups in total. The quantitative estimate of drug-likeness (QED) is 0.845. The third kappa shape index (κ3) is 4.07. The van der Waals surface area contributed by atoms with Gasteiger partial charge in [0.1, 0.15) is 0 Å². The number of likely N-dealkylation sites (tertiary alicyclic amines) is 1. The summed E-state index contributed by atoms with van der Waals surface area (Å²) in [6.45, 7) is 3.35. The zero-order chi connectivity index (χ0) is 12.8. The molecule has 1 aromatic heterocycles. The van der Waals surface area contributed by atoms with E-state index in [2.05, 4.69) is 26.2 Å². The molecule has 1 fully saturated rings. The second-order valence-corrected chi connectivity index (χ2v) is 5.44. The van der Waals surface area contributed by atoms with Crippen LogP contribution in [0.15, 0.2) is 22.9 Å². The topological polar surface area (TPSA) is 45.2 Å². The number of halogens is 1. The molecule has 1 aromatic rings. The largest absolute Gasteiger partial charge is 0.343 e. The maximum Gasteiger partial charge on any atom is 0.223 e. The van der Waals surface area contributed by atoms with Crippen LogP contribution >= 0.6 is 15.9 Å². The number of nitrogens with zero attached hydrogens (tertiary/aromatic N) is 2. The summed E-state index contributed by atoms with van der Waals surface area (Å²) in [5.74, 6) is 0.271. The molecule has 0 bridgehead atoms. The van der Waals surface area contributed by atoms with Gasteiger partial charge in [-0.05, 0) is 40.4 Å². The van der Waals surface area contributed by atoms with E-state index in [4.69, 9.17) is 0 Å². The van der Waals surface area contributed by atoms with Crippen molar-refractivity contribution in [3.63, 3.8) is 0 Å². The Morgan fingerprint density at radius 1 is 1.39 bits per heavy atom. The van der Waals surface area contributed by atoms with E-state index >= 15 is 0 Å². The third-order valence-corrected chi connectivity index (χ3v) is 3.50. The third-order valence-electron chi connectivity index (χ3n) is 3.07. The van der Waals surface area contributed by atoms with Crippen molar-refractivity contribution < 1.29 is 4.79 Å². The minimum Gasteiger partial charge on any atom is -0.343 e.